The number of rotatable bonds is 0. The van der Waals surface area contributed by atoms with Crippen molar-refractivity contribution in [3.05, 3.63) is 10.1 Å². The Hall–Kier alpha value is -1.13. The SMILES string of the molecule is C[N+](=O)[O-].O=CO. The molecule has 0 aromatic heterocycles. The summed E-state index contributed by atoms with van der Waals surface area (Å²) in [7, 11) is 0.889. The standard InChI is InChI=1S/CH3NO2.CH2O2/c1-2(3)4;2-1-3/h1H3;1H,(H,2,3). The molecule has 0 fully saturated rings. The first-order valence-corrected chi connectivity index (χ1v) is 1.31. The number of carboxylic acid groups (broad SMARTS) is 1. The molecule has 0 aliphatic heterocycles. The first-order valence-electron chi connectivity index (χ1n) is 1.31. The highest BCUT2D eigenvalue weighted by Gasteiger charge is 1.57. The molecule has 0 aromatic carbocycles. The Kier molecular flexibility index (Phi) is 11.8. The third kappa shape index (κ3) is 31.4. The minimum absolute atomic E-state index is 0.250. The summed E-state index contributed by atoms with van der Waals surface area (Å²) in [4.78, 5) is 16.7. The first-order chi connectivity index (χ1) is 3.15. The Labute approximate surface area is 39.7 Å². The lowest BCUT2D eigenvalue weighted by Crippen LogP contribution is -1.79. The van der Waals surface area contributed by atoms with Crippen LogP contribution in [0.4, 0.5) is 0 Å². The summed E-state index contributed by atoms with van der Waals surface area (Å²) in [5.74, 6) is 0. The molecular weight excluding hydrogens is 102 g/mol. The molecule has 0 heterocycles. The van der Waals surface area contributed by atoms with E-state index in [2.05, 4.69) is 0 Å². The first kappa shape index (κ1) is 9.30. The van der Waals surface area contributed by atoms with Gasteiger partial charge in [0.05, 0.1) is 0 Å². The van der Waals surface area contributed by atoms with E-state index in [1.54, 1.807) is 0 Å². The van der Waals surface area contributed by atoms with Gasteiger partial charge in [-0.2, -0.15) is 0 Å². The molecule has 5 nitrogen and oxygen atoms in total. The number of nitro groups is 1. The molecule has 7 heavy (non-hydrogen) atoms. The molecule has 0 saturated heterocycles. The van der Waals surface area contributed by atoms with Crippen LogP contribution in [0.1, 0.15) is 0 Å². The predicted octanol–water partition coefficient (Wildman–Crippen LogP) is -0.406. The Morgan fingerprint density at radius 1 is 1.86 bits per heavy atom. The summed E-state index contributed by atoms with van der Waals surface area (Å²) >= 11 is 0. The number of carbonyl (C=O) groups is 1. The maximum absolute atomic E-state index is 8.81. The zero-order valence-corrected chi connectivity index (χ0v) is 3.70. The average Bonchev–Trinajstić information content (AvgIpc) is 1.33. The third-order valence-corrected chi connectivity index (χ3v) is 0. The van der Waals surface area contributed by atoms with Crippen LogP contribution in [-0.4, -0.2) is 23.5 Å². The molecule has 0 amide bonds. The molecule has 0 unspecified atom stereocenters. The predicted molar refractivity (Wildman–Crippen MR) is 21.6 cm³/mol. The van der Waals surface area contributed by atoms with Crippen LogP contribution in [0.2, 0.25) is 0 Å². The maximum atomic E-state index is 8.81. The molecule has 0 saturated carbocycles. The summed E-state index contributed by atoms with van der Waals surface area (Å²) in [5, 5.41) is 15.7. The van der Waals surface area contributed by atoms with Crippen molar-refractivity contribution in [2.75, 3.05) is 7.05 Å². The molecule has 1 N–H and O–H groups in total. The molecule has 0 aliphatic rings. The van der Waals surface area contributed by atoms with E-state index in [-0.39, 0.29) is 6.47 Å². The summed E-state index contributed by atoms with van der Waals surface area (Å²) in [6.07, 6.45) is 0. The van der Waals surface area contributed by atoms with E-state index in [1.807, 2.05) is 0 Å². The Morgan fingerprint density at radius 3 is 1.86 bits per heavy atom. The summed E-state index contributed by atoms with van der Waals surface area (Å²) in [6.45, 7) is -0.250. The molecule has 0 radical (unpaired) electrons. The fraction of sp³-hybridized carbons (Fsp3) is 0.500. The fourth-order valence-electron chi connectivity index (χ4n) is 0. The van der Waals surface area contributed by atoms with Gasteiger partial charge < -0.3 is 5.11 Å². The Morgan fingerprint density at radius 2 is 1.86 bits per heavy atom. The van der Waals surface area contributed by atoms with Gasteiger partial charge in [0.25, 0.3) is 6.47 Å². The molecule has 0 rings (SSSR count). The van der Waals surface area contributed by atoms with Gasteiger partial charge in [-0.05, 0) is 0 Å². The van der Waals surface area contributed by atoms with Gasteiger partial charge in [0.2, 0.25) is 0 Å². The lowest BCUT2D eigenvalue weighted by Gasteiger charge is -1.63. The van der Waals surface area contributed by atoms with E-state index in [9.17, 15) is 0 Å². The highest BCUT2D eigenvalue weighted by Crippen LogP contribution is 1.39. The molecule has 42 valence electrons. The van der Waals surface area contributed by atoms with Crippen LogP contribution in [0, 0.1) is 10.1 Å². The number of hydrogen-bond acceptors (Lipinski definition) is 3. The molecule has 0 aromatic rings. The average molecular weight is 107 g/mol. The molecule has 0 bridgehead atoms. The van der Waals surface area contributed by atoms with Crippen molar-refractivity contribution in [2.24, 2.45) is 0 Å². The van der Waals surface area contributed by atoms with Crippen molar-refractivity contribution >= 4 is 6.47 Å². The summed E-state index contributed by atoms with van der Waals surface area (Å²) in [5.41, 5.74) is 0. The van der Waals surface area contributed by atoms with Gasteiger partial charge in [0.1, 0.15) is 0 Å². The molecule has 5 heteroatoms. The van der Waals surface area contributed by atoms with Gasteiger partial charge in [-0.1, -0.05) is 0 Å². The lowest BCUT2D eigenvalue weighted by atomic mass is 11.5. The smallest absolute Gasteiger partial charge is 0.290 e. The van der Waals surface area contributed by atoms with Crippen molar-refractivity contribution in [1.82, 2.24) is 0 Å². The minimum atomic E-state index is -0.500. The second kappa shape index (κ2) is 8.85. The van der Waals surface area contributed by atoms with Gasteiger partial charge in [0, 0.05) is 4.92 Å². The van der Waals surface area contributed by atoms with Crippen molar-refractivity contribution in [3.63, 3.8) is 0 Å². The van der Waals surface area contributed by atoms with E-state index >= 15 is 0 Å². The second-order valence-electron chi connectivity index (χ2n) is 0.545. The van der Waals surface area contributed by atoms with Crippen molar-refractivity contribution < 1.29 is 14.8 Å². The molecule has 0 atom stereocenters. The third-order valence-electron chi connectivity index (χ3n) is 0. The normalized spacial score (nSPS) is 5.29. The molecule has 0 spiro atoms. The highest BCUT2D eigenvalue weighted by atomic mass is 16.6. The highest BCUT2D eigenvalue weighted by molar-refractivity contribution is 5.32. The summed E-state index contributed by atoms with van der Waals surface area (Å²) < 4.78 is 0. The Bertz CT molecular complexity index is 56.7. The van der Waals surface area contributed by atoms with Crippen LogP contribution >= 0.6 is 0 Å². The van der Waals surface area contributed by atoms with Gasteiger partial charge in [-0.25, -0.2) is 0 Å². The van der Waals surface area contributed by atoms with Gasteiger partial charge in [-0.15, -0.1) is 0 Å². The van der Waals surface area contributed by atoms with E-state index in [4.69, 9.17) is 20.0 Å². The van der Waals surface area contributed by atoms with Crippen LogP contribution in [0.5, 0.6) is 0 Å². The van der Waals surface area contributed by atoms with Crippen LogP contribution in [0.25, 0.3) is 0 Å². The van der Waals surface area contributed by atoms with Crippen LogP contribution in [0.3, 0.4) is 0 Å². The number of hydrogen-bond donors (Lipinski definition) is 1. The minimum Gasteiger partial charge on any atom is -0.483 e. The van der Waals surface area contributed by atoms with Crippen molar-refractivity contribution in [1.29, 1.82) is 0 Å². The van der Waals surface area contributed by atoms with E-state index in [0.717, 1.165) is 7.05 Å². The van der Waals surface area contributed by atoms with Crippen LogP contribution in [0.15, 0.2) is 0 Å². The fourth-order valence-corrected chi connectivity index (χ4v) is 0. The van der Waals surface area contributed by atoms with Gasteiger partial charge in [0.15, 0.2) is 7.05 Å². The topological polar surface area (TPSA) is 80.4 Å². The lowest BCUT2D eigenvalue weighted by molar-refractivity contribution is -0.445. The zero-order valence-electron chi connectivity index (χ0n) is 3.70. The maximum Gasteiger partial charge on any atom is 0.290 e. The second-order valence-corrected chi connectivity index (χ2v) is 0.545. The quantitative estimate of drug-likeness (QED) is 0.259. The Balaban J connectivity index is 0. The van der Waals surface area contributed by atoms with Crippen LogP contribution in [-0.2, 0) is 4.79 Å². The van der Waals surface area contributed by atoms with E-state index in [0.29, 0.717) is 0 Å². The van der Waals surface area contributed by atoms with E-state index in [1.165, 1.54) is 0 Å². The number of nitrogens with zero attached hydrogens (tertiary/aromatic N) is 1. The zero-order chi connectivity index (χ0) is 6.28. The molecular formula is C2H5NO4. The van der Waals surface area contributed by atoms with Crippen molar-refractivity contribution in [2.45, 2.75) is 0 Å². The van der Waals surface area contributed by atoms with E-state index < -0.39 is 4.92 Å². The monoisotopic (exact) mass is 107 g/mol. The molecule has 0 aliphatic carbocycles. The summed E-state index contributed by atoms with van der Waals surface area (Å²) in [6, 6.07) is 0. The largest absolute Gasteiger partial charge is 0.483 e. The van der Waals surface area contributed by atoms with Crippen molar-refractivity contribution in [3.8, 4) is 0 Å². The van der Waals surface area contributed by atoms with Gasteiger partial charge >= 0.3 is 0 Å². The van der Waals surface area contributed by atoms with Crippen LogP contribution < -0.4 is 0 Å². The van der Waals surface area contributed by atoms with Gasteiger partial charge in [-0.3, -0.25) is 14.9 Å².